The van der Waals surface area contributed by atoms with E-state index in [0.717, 1.165) is 4.90 Å². The van der Waals surface area contributed by atoms with Crippen LogP contribution in [-0.2, 0) is 4.79 Å². The maximum atomic E-state index is 12.8. The molecule has 2 nitrogen and oxygen atoms in total. The van der Waals surface area contributed by atoms with E-state index in [4.69, 9.17) is 23.2 Å². The number of hydrogen-bond acceptors (Lipinski definition) is 1. The molecule has 1 aliphatic heterocycles. The van der Waals surface area contributed by atoms with Gasteiger partial charge in [-0.25, -0.2) is 4.39 Å². The highest BCUT2D eigenvalue weighted by atomic mass is 79.9. The van der Waals surface area contributed by atoms with Crippen molar-refractivity contribution in [3.8, 4) is 0 Å². The molecule has 1 rings (SSSR count). The summed E-state index contributed by atoms with van der Waals surface area (Å²) in [7, 11) is 0. The maximum absolute atomic E-state index is 12.8. The zero-order valence-corrected chi connectivity index (χ0v) is 9.87. The lowest BCUT2D eigenvalue weighted by atomic mass is 10.2. The van der Waals surface area contributed by atoms with Gasteiger partial charge >= 0.3 is 0 Å². The minimum atomic E-state index is -1.44. The Hall–Kier alpha value is 0.460. The van der Waals surface area contributed by atoms with Gasteiger partial charge in [-0.1, -0.05) is 0 Å². The lowest BCUT2D eigenvalue weighted by molar-refractivity contribution is -0.133. The lowest BCUT2D eigenvalue weighted by Crippen LogP contribution is -2.35. The molecule has 0 N–H and O–H groups in total. The molecule has 1 fully saturated rings. The molecule has 1 unspecified atom stereocenters. The van der Waals surface area contributed by atoms with Gasteiger partial charge in [0.1, 0.15) is 4.33 Å². The van der Waals surface area contributed by atoms with E-state index in [1.165, 1.54) is 0 Å². The Balaban J connectivity index is 2.68. The molecule has 13 heavy (non-hydrogen) atoms. The molecule has 6 heteroatoms. The third-order valence-corrected chi connectivity index (χ3v) is 3.05. The van der Waals surface area contributed by atoms with Gasteiger partial charge in [0.2, 0.25) is 11.1 Å². The van der Waals surface area contributed by atoms with E-state index in [9.17, 15) is 9.18 Å². The van der Waals surface area contributed by atoms with Crippen LogP contribution in [0.1, 0.15) is 19.3 Å². The summed E-state index contributed by atoms with van der Waals surface area (Å²) >= 11 is 14.3. The van der Waals surface area contributed by atoms with Crippen molar-refractivity contribution in [3.05, 3.63) is 0 Å². The monoisotopic (exact) mass is 291 g/mol. The van der Waals surface area contributed by atoms with Gasteiger partial charge in [-0.15, -0.1) is 23.2 Å². The van der Waals surface area contributed by atoms with Crippen molar-refractivity contribution in [2.24, 2.45) is 0 Å². The first-order chi connectivity index (χ1) is 5.92. The van der Waals surface area contributed by atoms with Gasteiger partial charge in [-0.05, 0) is 28.8 Å². The number of likely N-dealkylation sites (tertiary alicyclic amines) is 1. The van der Waals surface area contributed by atoms with E-state index in [1.54, 1.807) is 0 Å². The molecular formula is C7H9BrCl2FNO. The topological polar surface area (TPSA) is 20.3 Å². The van der Waals surface area contributed by atoms with E-state index < -0.39 is 9.54 Å². The average Bonchev–Trinajstić information content (AvgIpc) is 2.06. The van der Waals surface area contributed by atoms with E-state index >= 15 is 0 Å². The summed E-state index contributed by atoms with van der Waals surface area (Å²) in [5.74, 6) is -0.355. The molecular weight excluding hydrogens is 284 g/mol. The fourth-order valence-electron chi connectivity index (χ4n) is 1.25. The fraction of sp³-hybridized carbons (Fsp3) is 0.857. The summed E-state index contributed by atoms with van der Waals surface area (Å²) in [5.41, 5.74) is 0. The van der Waals surface area contributed by atoms with E-state index in [0.29, 0.717) is 19.4 Å². The molecule has 1 heterocycles. The van der Waals surface area contributed by atoms with Crippen molar-refractivity contribution in [2.75, 3.05) is 6.54 Å². The number of hydrogen-bond donors (Lipinski definition) is 0. The fourth-order valence-corrected chi connectivity index (χ4v) is 2.18. The minimum absolute atomic E-state index is 0.0257. The number of carbonyl (C=O) groups is 1. The Morgan fingerprint density at radius 1 is 1.62 bits per heavy atom. The van der Waals surface area contributed by atoms with Gasteiger partial charge in [-0.3, -0.25) is 4.79 Å². The summed E-state index contributed by atoms with van der Waals surface area (Å²) in [6.07, 6.45) is 1.10. The number of nitrogens with zero attached hydrogens (tertiary/aromatic N) is 1. The molecule has 0 aromatic carbocycles. The molecule has 0 spiro atoms. The summed E-state index contributed by atoms with van der Waals surface area (Å²) in [6.45, 7) is 0.354. The minimum Gasteiger partial charge on any atom is -0.304 e. The summed E-state index contributed by atoms with van der Waals surface area (Å²) in [6, 6.07) is 0. The zero-order chi connectivity index (χ0) is 10.1. The summed E-state index contributed by atoms with van der Waals surface area (Å²) in [5, 5.41) is -1.44. The largest absolute Gasteiger partial charge is 0.304 e. The quantitative estimate of drug-likeness (QED) is 0.538. The van der Waals surface area contributed by atoms with Crippen LogP contribution in [0.2, 0.25) is 0 Å². The molecule has 1 atom stereocenters. The molecule has 0 saturated carbocycles. The van der Waals surface area contributed by atoms with Gasteiger partial charge in [0.05, 0.1) is 6.42 Å². The average molecular weight is 293 g/mol. The Labute approximate surface area is 94.5 Å². The maximum Gasteiger partial charge on any atom is 0.230 e. The van der Waals surface area contributed by atoms with Crippen molar-refractivity contribution >= 4 is 45.0 Å². The highest BCUT2D eigenvalue weighted by Gasteiger charge is 2.34. The Morgan fingerprint density at radius 2 is 2.23 bits per heavy atom. The number of rotatable bonds is 1. The van der Waals surface area contributed by atoms with Crippen LogP contribution in [0.3, 0.4) is 0 Å². The predicted octanol–water partition coefficient (Wildman–Crippen LogP) is 2.82. The smallest absolute Gasteiger partial charge is 0.230 e. The van der Waals surface area contributed by atoms with Crippen molar-refractivity contribution in [3.63, 3.8) is 0 Å². The van der Waals surface area contributed by atoms with E-state index in [1.807, 2.05) is 0 Å². The summed E-state index contributed by atoms with van der Waals surface area (Å²) < 4.78 is 11.8. The highest BCUT2D eigenvalue weighted by Crippen LogP contribution is 2.34. The molecule has 0 aromatic rings. The third-order valence-electron chi connectivity index (χ3n) is 1.91. The normalized spacial score (nSPS) is 25.5. The molecule has 1 aliphatic rings. The van der Waals surface area contributed by atoms with Crippen LogP contribution in [0.5, 0.6) is 0 Å². The van der Waals surface area contributed by atoms with Crippen LogP contribution in [0, 0.1) is 0 Å². The predicted molar refractivity (Wildman–Crippen MR) is 53.8 cm³/mol. The van der Waals surface area contributed by atoms with Crippen LogP contribution in [0.15, 0.2) is 0 Å². The first-order valence-electron chi connectivity index (χ1n) is 3.88. The van der Waals surface area contributed by atoms with Crippen LogP contribution in [-0.4, -0.2) is 26.9 Å². The Kier molecular flexibility index (Phi) is 3.83. The highest BCUT2D eigenvalue weighted by molar-refractivity contribution is 9.09. The van der Waals surface area contributed by atoms with Gasteiger partial charge in [0, 0.05) is 6.54 Å². The number of alkyl halides is 4. The van der Waals surface area contributed by atoms with Crippen LogP contribution >= 0.6 is 39.1 Å². The molecule has 0 aliphatic carbocycles. The van der Waals surface area contributed by atoms with Gasteiger partial charge in [0.25, 0.3) is 0 Å². The second kappa shape index (κ2) is 4.32. The van der Waals surface area contributed by atoms with Gasteiger partial charge in [0.15, 0.2) is 0 Å². The molecule has 0 aromatic heterocycles. The van der Waals surface area contributed by atoms with Crippen LogP contribution < -0.4 is 0 Å². The molecule has 76 valence electrons. The molecule has 0 radical (unpaired) electrons. The Morgan fingerprint density at radius 3 is 2.77 bits per heavy atom. The van der Waals surface area contributed by atoms with Gasteiger partial charge < -0.3 is 4.90 Å². The Bertz CT molecular complexity index is 213. The second-order valence-electron chi connectivity index (χ2n) is 3.00. The third kappa shape index (κ3) is 3.26. The molecule has 0 bridgehead atoms. The first kappa shape index (κ1) is 11.5. The first-order valence-corrected chi connectivity index (χ1v) is 5.55. The van der Waals surface area contributed by atoms with Crippen molar-refractivity contribution in [1.29, 1.82) is 0 Å². The van der Waals surface area contributed by atoms with Crippen LogP contribution in [0.25, 0.3) is 0 Å². The van der Waals surface area contributed by atoms with Crippen LogP contribution in [0.4, 0.5) is 4.39 Å². The number of halogens is 4. The lowest BCUT2D eigenvalue weighted by Gasteiger charge is -2.20. The zero-order valence-electron chi connectivity index (χ0n) is 6.77. The standard InChI is InChI=1S/C7H9BrCl2FNO/c8-6(11)12-3-1-2-7(9,10)4-5(12)13/h6H,1-4H2. The molecule has 1 saturated heterocycles. The second-order valence-corrected chi connectivity index (χ2v) is 5.40. The number of amides is 1. The van der Waals surface area contributed by atoms with Crippen molar-refractivity contribution in [2.45, 2.75) is 28.8 Å². The van der Waals surface area contributed by atoms with Crippen molar-refractivity contribution < 1.29 is 9.18 Å². The SMILES string of the molecule is O=C1CC(Cl)(Cl)CCCN1C(F)Br. The van der Waals surface area contributed by atoms with Gasteiger partial charge in [-0.2, -0.15) is 0 Å². The molecule has 1 amide bonds. The summed E-state index contributed by atoms with van der Waals surface area (Å²) in [4.78, 5) is 12.4. The van der Waals surface area contributed by atoms with Crippen molar-refractivity contribution in [1.82, 2.24) is 4.90 Å². The number of carbonyl (C=O) groups excluding carboxylic acids is 1. The van der Waals surface area contributed by atoms with E-state index in [-0.39, 0.29) is 12.3 Å². The van der Waals surface area contributed by atoms with E-state index in [2.05, 4.69) is 15.9 Å².